The number of carboxylic acid groups (broad SMARTS) is 2. The van der Waals surface area contributed by atoms with Crippen molar-refractivity contribution in [3.8, 4) is 0 Å². The molecule has 190 valence electrons. The van der Waals surface area contributed by atoms with Crippen LogP contribution in [0.25, 0.3) is 0 Å². The zero-order chi connectivity index (χ0) is 22.9. The Kier molecular flexibility index (Phi) is 57.1. The summed E-state index contributed by atoms with van der Waals surface area (Å²) in [6, 6.07) is 0. The van der Waals surface area contributed by atoms with E-state index in [1.165, 1.54) is 25.7 Å². The quantitative estimate of drug-likeness (QED) is 0.147. The van der Waals surface area contributed by atoms with E-state index < -0.39 is 11.9 Å². The van der Waals surface area contributed by atoms with Gasteiger partial charge in [0, 0.05) is 11.9 Å². The third-order valence-electron chi connectivity index (χ3n) is 4.88. The molecule has 0 aromatic rings. The molecule has 0 N–H and O–H groups in total. The molecule has 0 amide bonds. The van der Waals surface area contributed by atoms with Gasteiger partial charge < -0.3 is 44.6 Å². The van der Waals surface area contributed by atoms with Gasteiger partial charge in [-0.15, -0.1) is 0 Å². The van der Waals surface area contributed by atoms with E-state index in [1.807, 2.05) is 13.8 Å². The van der Waals surface area contributed by atoms with E-state index in [4.69, 9.17) is 0 Å². The molecule has 0 aliphatic carbocycles. The number of aliphatic carboxylic acids is 2. The zero-order valence-electron chi connectivity index (χ0n) is 21.4. The van der Waals surface area contributed by atoms with Gasteiger partial charge in [0.05, 0.1) is 0 Å². The summed E-state index contributed by atoms with van der Waals surface area (Å²) >= 11 is 0.149. The van der Waals surface area contributed by atoms with Gasteiger partial charge >= 0.3 is 93.5 Å². The molecule has 0 spiro atoms. The molecule has 2 atom stereocenters. The summed E-state index contributed by atoms with van der Waals surface area (Å²) < 4.78 is 3.25. The third kappa shape index (κ3) is 38.4. The Morgan fingerprint density at radius 1 is 0.625 bits per heavy atom. The third-order valence-corrected chi connectivity index (χ3v) is 8.92. The van der Waals surface area contributed by atoms with Crippen LogP contribution in [-0.4, -0.2) is 57.0 Å². The van der Waals surface area contributed by atoms with Crippen LogP contribution in [0.5, 0.6) is 0 Å². The number of hydrogen-bond donors (Lipinski definition) is 0. The standard InChI is InChI=1S/2C8H16O2.2C4H9.2ClH.2Sn/c2*1-3-5-6-7(4-2)8(9)10;2*1-3-4-2;;;;/h2*7H,3-6H2,1-2H3,(H,9,10);2*1,3-4H2,2H3;2*1H;;/q;;;;;;2*+2/p-4. The van der Waals surface area contributed by atoms with Gasteiger partial charge in [-0.2, -0.15) is 0 Å². The van der Waals surface area contributed by atoms with E-state index in [1.54, 1.807) is 8.87 Å². The molecular weight excluding hydrogens is 661 g/mol. The average molecular weight is 709 g/mol. The molecule has 0 aromatic heterocycles. The summed E-state index contributed by atoms with van der Waals surface area (Å²) in [7, 11) is 0. The fraction of sp³-hybridized carbons (Fsp3) is 0.917. The molecule has 0 aliphatic heterocycles. The number of carbonyl (C=O) groups excluding carboxylic acids is 2. The molecule has 8 heteroatoms. The summed E-state index contributed by atoms with van der Waals surface area (Å²) in [5.41, 5.74) is 0. The van der Waals surface area contributed by atoms with Crippen LogP contribution in [0.4, 0.5) is 0 Å². The van der Waals surface area contributed by atoms with Gasteiger partial charge in [0.2, 0.25) is 0 Å². The molecular formula is C24H48Cl2O4Sn2. The van der Waals surface area contributed by atoms with Crippen LogP contribution in [-0.2, 0) is 9.59 Å². The van der Waals surface area contributed by atoms with Crippen molar-refractivity contribution in [1.29, 1.82) is 0 Å². The van der Waals surface area contributed by atoms with Crippen LogP contribution in [0.2, 0.25) is 8.87 Å². The second-order valence-electron chi connectivity index (χ2n) is 7.59. The van der Waals surface area contributed by atoms with E-state index >= 15 is 0 Å². The Morgan fingerprint density at radius 3 is 1.09 bits per heavy atom. The molecule has 0 heterocycles. The van der Waals surface area contributed by atoms with Crippen LogP contribution in [0.1, 0.15) is 119 Å². The minimum absolute atomic E-state index is 0. The van der Waals surface area contributed by atoms with Crippen LogP contribution in [0.3, 0.4) is 0 Å². The SMILES string of the molecule is CCCCC(CC)C(=O)[O-].CCCCC(CC)C(=O)[O-].CCC[CH2][Sn+2][CH2]CCC.[Cl-].[Cl-].[Sn+2]. The summed E-state index contributed by atoms with van der Waals surface area (Å²) in [5.74, 6) is -2.23. The predicted molar refractivity (Wildman–Crippen MR) is 128 cm³/mol. The largest absolute Gasteiger partial charge is 2.00 e. The zero-order valence-corrected chi connectivity index (χ0v) is 28.7. The molecule has 4 nitrogen and oxygen atoms in total. The van der Waals surface area contributed by atoms with Crippen molar-refractivity contribution in [2.75, 3.05) is 0 Å². The Hall–Kier alpha value is 1.12. The smallest absolute Gasteiger partial charge is 1.00 e. The fourth-order valence-electron chi connectivity index (χ4n) is 2.61. The molecule has 0 fully saturated rings. The van der Waals surface area contributed by atoms with Crippen molar-refractivity contribution in [2.24, 2.45) is 11.8 Å². The Labute approximate surface area is 239 Å². The van der Waals surface area contributed by atoms with Gasteiger partial charge in [0.15, 0.2) is 0 Å². The molecule has 0 aliphatic rings. The summed E-state index contributed by atoms with van der Waals surface area (Å²) in [5, 5.41) is 20.7. The van der Waals surface area contributed by atoms with Crippen LogP contribution < -0.4 is 35.0 Å². The van der Waals surface area contributed by atoms with Crippen LogP contribution in [0, 0.1) is 11.8 Å². The fourth-order valence-corrected chi connectivity index (χ4v) is 6.77. The Balaban J connectivity index is -0.0000000758. The molecule has 0 saturated heterocycles. The minimum atomic E-state index is -0.893. The molecule has 2 unspecified atom stereocenters. The van der Waals surface area contributed by atoms with Crippen molar-refractivity contribution in [3.63, 3.8) is 0 Å². The minimum Gasteiger partial charge on any atom is -1.00 e. The van der Waals surface area contributed by atoms with E-state index in [0.717, 1.165) is 38.5 Å². The van der Waals surface area contributed by atoms with E-state index in [2.05, 4.69) is 27.7 Å². The second kappa shape index (κ2) is 39.3. The van der Waals surface area contributed by atoms with Crippen molar-refractivity contribution in [2.45, 2.75) is 127 Å². The van der Waals surface area contributed by atoms with Gasteiger partial charge in [0.1, 0.15) is 0 Å². The molecule has 0 rings (SSSR count). The number of carbonyl (C=O) groups is 2. The number of halogens is 2. The normalized spacial score (nSPS) is 10.7. The molecule has 0 bridgehead atoms. The van der Waals surface area contributed by atoms with Crippen LogP contribution >= 0.6 is 0 Å². The average Bonchev–Trinajstić information content (AvgIpc) is 2.69. The summed E-state index contributed by atoms with van der Waals surface area (Å²) in [6.45, 7) is 12.5. The van der Waals surface area contributed by atoms with Gasteiger partial charge in [-0.05, 0) is 37.5 Å². The number of carboxylic acids is 2. The van der Waals surface area contributed by atoms with Crippen LogP contribution in [0.15, 0.2) is 0 Å². The predicted octanol–water partition coefficient (Wildman–Crippen LogP) is -1.34. The van der Waals surface area contributed by atoms with E-state index in [9.17, 15) is 19.8 Å². The van der Waals surface area contributed by atoms with E-state index in [-0.39, 0.29) is 81.7 Å². The van der Waals surface area contributed by atoms with Crippen molar-refractivity contribution < 1.29 is 44.6 Å². The molecule has 0 saturated carbocycles. The van der Waals surface area contributed by atoms with Gasteiger partial charge in [-0.25, -0.2) is 0 Å². The second-order valence-corrected chi connectivity index (χ2v) is 11.9. The maximum Gasteiger partial charge on any atom is 2.00 e. The maximum absolute atomic E-state index is 10.3. The van der Waals surface area contributed by atoms with E-state index in [0.29, 0.717) is 12.8 Å². The number of unbranched alkanes of at least 4 members (excludes halogenated alkanes) is 4. The number of rotatable bonds is 16. The summed E-state index contributed by atoms with van der Waals surface area (Å²) in [6.07, 6.45) is 12.9. The van der Waals surface area contributed by atoms with Gasteiger partial charge in [-0.1, -0.05) is 53.4 Å². The monoisotopic (exact) mass is 710 g/mol. The first-order valence-electron chi connectivity index (χ1n) is 12.0. The molecule has 2 radical (unpaired) electrons. The van der Waals surface area contributed by atoms with Gasteiger partial charge in [0.25, 0.3) is 0 Å². The summed E-state index contributed by atoms with van der Waals surface area (Å²) in [4.78, 5) is 20.7. The molecule has 32 heavy (non-hydrogen) atoms. The number of hydrogen-bond acceptors (Lipinski definition) is 4. The molecule has 0 aromatic carbocycles. The van der Waals surface area contributed by atoms with Crippen molar-refractivity contribution in [1.82, 2.24) is 0 Å². The van der Waals surface area contributed by atoms with Crippen molar-refractivity contribution in [3.05, 3.63) is 0 Å². The topological polar surface area (TPSA) is 80.3 Å². The van der Waals surface area contributed by atoms with Crippen molar-refractivity contribution >= 4 is 57.0 Å². The van der Waals surface area contributed by atoms with Gasteiger partial charge in [-0.3, -0.25) is 0 Å². The first kappa shape index (κ1) is 46.5. The maximum atomic E-state index is 10.3. The Morgan fingerprint density at radius 2 is 0.906 bits per heavy atom. The Bertz CT molecular complexity index is 331. The first-order valence-corrected chi connectivity index (χ1v) is 16.0. The first-order chi connectivity index (χ1) is 13.9.